The van der Waals surface area contributed by atoms with Gasteiger partial charge in [-0.15, -0.1) is 0 Å². The van der Waals surface area contributed by atoms with Gasteiger partial charge >= 0.3 is 18.1 Å². The summed E-state index contributed by atoms with van der Waals surface area (Å²) in [7, 11) is 0. The van der Waals surface area contributed by atoms with E-state index in [9.17, 15) is 18.0 Å². The Kier molecular flexibility index (Phi) is 7.33. The van der Waals surface area contributed by atoms with Crippen molar-refractivity contribution in [1.82, 2.24) is 5.32 Å². The third kappa shape index (κ3) is 8.80. The summed E-state index contributed by atoms with van der Waals surface area (Å²) in [6.07, 6.45) is 1.01. The molecule has 0 spiro atoms. The van der Waals surface area contributed by atoms with Crippen LogP contribution in [0.1, 0.15) is 32.1 Å². The van der Waals surface area contributed by atoms with Gasteiger partial charge in [0.05, 0.1) is 6.54 Å². The number of nitrogens with one attached hydrogen (secondary N) is 1. The molecule has 106 valence electrons. The SMILES string of the molecule is O=C(O)C(F)(F)F.O=C(O)CNC1CCCCC1. The van der Waals surface area contributed by atoms with E-state index in [2.05, 4.69) is 5.32 Å². The summed E-state index contributed by atoms with van der Waals surface area (Å²) in [5, 5.41) is 18.5. The van der Waals surface area contributed by atoms with Crippen LogP contribution in [0.5, 0.6) is 0 Å². The molecule has 0 heterocycles. The Labute approximate surface area is 102 Å². The van der Waals surface area contributed by atoms with Crippen molar-refractivity contribution in [2.75, 3.05) is 6.54 Å². The largest absolute Gasteiger partial charge is 0.490 e. The second-order valence-electron chi connectivity index (χ2n) is 3.91. The fraction of sp³-hybridized carbons (Fsp3) is 0.800. The van der Waals surface area contributed by atoms with Crippen molar-refractivity contribution in [2.24, 2.45) is 0 Å². The molecule has 1 fully saturated rings. The minimum absolute atomic E-state index is 0.116. The Balaban J connectivity index is 0.000000360. The van der Waals surface area contributed by atoms with Crippen LogP contribution >= 0.6 is 0 Å². The Morgan fingerprint density at radius 2 is 1.56 bits per heavy atom. The van der Waals surface area contributed by atoms with E-state index in [4.69, 9.17) is 15.0 Å². The summed E-state index contributed by atoms with van der Waals surface area (Å²) in [5.74, 6) is -3.51. The molecule has 0 aromatic carbocycles. The van der Waals surface area contributed by atoms with Crippen molar-refractivity contribution in [3.63, 3.8) is 0 Å². The summed E-state index contributed by atoms with van der Waals surface area (Å²) in [4.78, 5) is 19.1. The molecular formula is C10H16F3NO4. The molecular weight excluding hydrogens is 255 g/mol. The molecule has 3 N–H and O–H groups in total. The number of alkyl halides is 3. The molecule has 0 unspecified atom stereocenters. The Morgan fingerprint density at radius 1 is 1.11 bits per heavy atom. The van der Waals surface area contributed by atoms with E-state index in [1.807, 2.05) is 0 Å². The monoisotopic (exact) mass is 271 g/mol. The average molecular weight is 271 g/mol. The first-order chi connectivity index (χ1) is 8.23. The molecule has 1 aliphatic carbocycles. The van der Waals surface area contributed by atoms with Crippen LogP contribution in [-0.2, 0) is 9.59 Å². The number of carbonyl (C=O) groups is 2. The van der Waals surface area contributed by atoms with Crippen molar-refractivity contribution in [1.29, 1.82) is 0 Å². The van der Waals surface area contributed by atoms with Crippen LogP contribution in [0.2, 0.25) is 0 Å². The van der Waals surface area contributed by atoms with E-state index in [0.717, 1.165) is 12.8 Å². The molecule has 0 aliphatic heterocycles. The highest BCUT2D eigenvalue weighted by Gasteiger charge is 2.38. The van der Waals surface area contributed by atoms with Crippen LogP contribution < -0.4 is 5.32 Å². The van der Waals surface area contributed by atoms with Gasteiger partial charge in [0.15, 0.2) is 0 Å². The molecule has 8 heteroatoms. The zero-order valence-electron chi connectivity index (χ0n) is 9.66. The highest BCUT2D eigenvalue weighted by molar-refractivity contribution is 5.73. The lowest BCUT2D eigenvalue weighted by atomic mass is 9.96. The summed E-state index contributed by atoms with van der Waals surface area (Å²) in [5.41, 5.74) is 0. The predicted molar refractivity (Wildman–Crippen MR) is 56.2 cm³/mol. The lowest BCUT2D eigenvalue weighted by Crippen LogP contribution is -2.34. The number of aliphatic carboxylic acids is 2. The van der Waals surface area contributed by atoms with Gasteiger partial charge in [0.2, 0.25) is 0 Å². The smallest absolute Gasteiger partial charge is 0.480 e. The molecule has 0 bridgehead atoms. The lowest BCUT2D eigenvalue weighted by Gasteiger charge is -2.21. The third-order valence-corrected chi connectivity index (χ3v) is 2.39. The van der Waals surface area contributed by atoms with E-state index in [-0.39, 0.29) is 6.54 Å². The maximum atomic E-state index is 10.6. The standard InChI is InChI=1S/C8H15NO2.C2HF3O2/c10-8(11)6-9-7-4-2-1-3-5-7;3-2(4,5)1(6)7/h7,9H,1-6H2,(H,10,11);(H,6,7). The molecule has 0 aromatic heterocycles. The Morgan fingerprint density at radius 3 is 1.89 bits per heavy atom. The van der Waals surface area contributed by atoms with Gasteiger partial charge in [-0.3, -0.25) is 4.79 Å². The van der Waals surface area contributed by atoms with Crippen molar-refractivity contribution < 1.29 is 33.0 Å². The first-order valence-corrected chi connectivity index (χ1v) is 5.48. The van der Waals surface area contributed by atoms with Crippen LogP contribution in [0, 0.1) is 0 Å². The van der Waals surface area contributed by atoms with E-state index in [1.165, 1.54) is 19.3 Å². The molecule has 0 saturated heterocycles. The lowest BCUT2D eigenvalue weighted by molar-refractivity contribution is -0.192. The van der Waals surface area contributed by atoms with Gasteiger partial charge in [-0.05, 0) is 12.8 Å². The maximum absolute atomic E-state index is 10.6. The first kappa shape index (κ1) is 16.7. The summed E-state index contributed by atoms with van der Waals surface area (Å²) in [6.45, 7) is 0.116. The molecule has 0 atom stereocenters. The van der Waals surface area contributed by atoms with Gasteiger partial charge in [-0.25, -0.2) is 4.79 Å². The Bertz CT molecular complexity index is 275. The fourth-order valence-corrected chi connectivity index (χ4v) is 1.54. The third-order valence-electron chi connectivity index (χ3n) is 2.39. The Hall–Kier alpha value is -1.31. The normalized spacial score (nSPS) is 16.6. The number of carboxylic acid groups (broad SMARTS) is 2. The van der Waals surface area contributed by atoms with Gasteiger partial charge in [0, 0.05) is 6.04 Å². The van der Waals surface area contributed by atoms with E-state index in [1.54, 1.807) is 0 Å². The van der Waals surface area contributed by atoms with Crippen molar-refractivity contribution in [2.45, 2.75) is 44.3 Å². The van der Waals surface area contributed by atoms with E-state index >= 15 is 0 Å². The summed E-state index contributed by atoms with van der Waals surface area (Å²) in [6, 6.07) is 0.458. The molecule has 0 radical (unpaired) electrons. The molecule has 18 heavy (non-hydrogen) atoms. The van der Waals surface area contributed by atoms with Crippen LogP contribution in [0.4, 0.5) is 13.2 Å². The van der Waals surface area contributed by atoms with Crippen molar-refractivity contribution in [3.05, 3.63) is 0 Å². The van der Waals surface area contributed by atoms with Gasteiger partial charge in [-0.2, -0.15) is 13.2 Å². The van der Waals surface area contributed by atoms with Gasteiger partial charge < -0.3 is 15.5 Å². The van der Waals surface area contributed by atoms with E-state index in [0.29, 0.717) is 6.04 Å². The fourth-order valence-electron chi connectivity index (χ4n) is 1.54. The van der Waals surface area contributed by atoms with Gasteiger partial charge in [0.1, 0.15) is 0 Å². The average Bonchev–Trinajstić information content (AvgIpc) is 2.27. The highest BCUT2D eigenvalue weighted by Crippen LogP contribution is 2.16. The van der Waals surface area contributed by atoms with Gasteiger partial charge in [-0.1, -0.05) is 19.3 Å². The minimum Gasteiger partial charge on any atom is -0.480 e. The van der Waals surface area contributed by atoms with Crippen LogP contribution in [0.25, 0.3) is 0 Å². The second kappa shape index (κ2) is 7.91. The molecule has 5 nitrogen and oxygen atoms in total. The molecule has 1 aliphatic rings. The molecule has 1 saturated carbocycles. The number of carboxylic acids is 2. The quantitative estimate of drug-likeness (QED) is 0.726. The van der Waals surface area contributed by atoms with E-state index < -0.39 is 18.1 Å². The highest BCUT2D eigenvalue weighted by atomic mass is 19.4. The number of hydrogen-bond acceptors (Lipinski definition) is 3. The van der Waals surface area contributed by atoms with Crippen molar-refractivity contribution in [3.8, 4) is 0 Å². The predicted octanol–water partition coefficient (Wildman–Crippen LogP) is 1.63. The maximum Gasteiger partial charge on any atom is 0.490 e. The molecule has 0 amide bonds. The van der Waals surface area contributed by atoms with Crippen LogP contribution in [0.15, 0.2) is 0 Å². The van der Waals surface area contributed by atoms with Crippen LogP contribution in [0.3, 0.4) is 0 Å². The number of halogens is 3. The first-order valence-electron chi connectivity index (χ1n) is 5.48. The summed E-state index contributed by atoms with van der Waals surface area (Å²) < 4.78 is 31.7. The van der Waals surface area contributed by atoms with Gasteiger partial charge in [0.25, 0.3) is 0 Å². The second-order valence-corrected chi connectivity index (χ2v) is 3.91. The minimum atomic E-state index is -5.08. The zero-order chi connectivity index (χ0) is 14.2. The van der Waals surface area contributed by atoms with Crippen molar-refractivity contribution >= 4 is 11.9 Å². The number of rotatable bonds is 3. The number of hydrogen-bond donors (Lipinski definition) is 3. The van der Waals surface area contributed by atoms with Crippen LogP contribution in [-0.4, -0.2) is 40.9 Å². The summed E-state index contributed by atoms with van der Waals surface area (Å²) >= 11 is 0. The zero-order valence-corrected chi connectivity index (χ0v) is 9.66. The topological polar surface area (TPSA) is 86.6 Å². The molecule has 1 rings (SSSR count). The molecule has 0 aromatic rings.